The van der Waals surface area contributed by atoms with Gasteiger partial charge in [0.15, 0.2) is 0 Å². The summed E-state index contributed by atoms with van der Waals surface area (Å²) in [5.74, 6) is 0. The number of benzene rings is 3. The van der Waals surface area contributed by atoms with Crippen molar-refractivity contribution >= 4 is 25.4 Å². The molecule has 0 saturated carbocycles. The van der Waals surface area contributed by atoms with Crippen LogP contribution in [0.25, 0.3) is 28.0 Å². The molecule has 0 amide bonds. The van der Waals surface area contributed by atoms with E-state index in [-0.39, 0.29) is 0 Å². The largest absolute Gasteiger partial charge is 0.113 e. The maximum atomic E-state index is 2.40. The molecule has 1 aliphatic heterocycles. The zero-order valence-corrected chi connectivity index (χ0v) is 14.1. The van der Waals surface area contributed by atoms with E-state index in [2.05, 4.69) is 60.7 Å². The number of aryl methyl sites for hydroxylation is 1. The summed E-state index contributed by atoms with van der Waals surface area (Å²) in [4.78, 5) is 0. The van der Waals surface area contributed by atoms with Gasteiger partial charge in [-0.05, 0) is 69.3 Å². The first-order valence-electron chi connectivity index (χ1n) is 8.45. The lowest BCUT2D eigenvalue weighted by atomic mass is 9.84. The Kier molecular flexibility index (Phi) is 3.13. The molecule has 3 aromatic rings. The highest BCUT2D eigenvalue weighted by Crippen LogP contribution is 2.45. The summed E-state index contributed by atoms with van der Waals surface area (Å²) in [6.45, 7) is 0. The molecule has 1 unspecified atom stereocenters. The summed E-state index contributed by atoms with van der Waals surface area (Å²) >= 11 is 0. The molecule has 23 heavy (non-hydrogen) atoms. The zero-order chi connectivity index (χ0) is 15.2. The van der Waals surface area contributed by atoms with Gasteiger partial charge in [0.05, 0.1) is 0 Å². The monoisotopic (exact) mass is 314 g/mol. The Morgan fingerprint density at radius 2 is 1.52 bits per heavy atom. The third-order valence-corrected chi connectivity index (χ3v) is 6.44. The molecule has 0 fully saturated rings. The minimum atomic E-state index is 0.989. The maximum Gasteiger partial charge on any atom is -0.00608 e. The summed E-state index contributed by atoms with van der Waals surface area (Å²) in [5.41, 5.74) is 9.12. The molecule has 1 atom stereocenters. The minimum absolute atomic E-state index is 0.989. The van der Waals surface area contributed by atoms with Crippen LogP contribution in [0.1, 0.15) is 28.7 Å². The quantitative estimate of drug-likeness (QED) is 0.436. The van der Waals surface area contributed by atoms with E-state index in [1.165, 1.54) is 63.8 Å². The summed E-state index contributed by atoms with van der Waals surface area (Å²) in [5, 5.41) is 2.78. The highest BCUT2D eigenvalue weighted by Gasteiger charge is 2.21. The third kappa shape index (κ3) is 2.09. The van der Waals surface area contributed by atoms with Crippen molar-refractivity contribution in [2.75, 3.05) is 0 Å². The van der Waals surface area contributed by atoms with Gasteiger partial charge in [-0.1, -0.05) is 60.7 Å². The number of rotatable bonds is 0. The van der Waals surface area contributed by atoms with Crippen LogP contribution in [0.3, 0.4) is 0 Å². The fraction of sp³-hybridized carbons (Fsp3) is 0.182. The van der Waals surface area contributed by atoms with Crippen LogP contribution in [0.2, 0.25) is 0 Å². The molecule has 0 radical (unpaired) electrons. The second-order valence-electron chi connectivity index (χ2n) is 6.54. The van der Waals surface area contributed by atoms with Crippen molar-refractivity contribution in [1.29, 1.82) is 0 Å². The Hall–Kier alpha value is -1.91. The molecule has 0 spiro atoms. The molecule has 1 heterocycles. The SMILES string of the molecule is C1=Cc2c(ccc3c2-c2c(ccc4ccccc24)CPC3)CC1. The van der Waals surface area contributed by atoms with Crippen LogP contribution in [0, 0.1) is 0 Å². The Labute approximate surface area is 139 Å². The van der Waals surface area contributed by atoms with Crippen LogP contribution >= 0.6 is 8.58 Å². The molecule has 0 bridgehead atoms. The number of allylic oxidation sites excluding steroid dienone is 1. The lowest BCUT2D eigenvalue weighted by molar-refractivity contribution is 0.984. The van der Waals surface area contributed by atoms with E-state index < -0.39 is 0 Å². The van der Waals surface area contributed by atoms with Gasteiger partial charge in [-0.25, -0.2) is 0 Å². The Morgan fingerprint density at radius 1 is 0.739 bits per heavy atom. The molecule has 0 aromatic heterocycles. The Balaban J connectivity index is 1.94. The average molecular weight is 314 g/mol. The second kappa shape index (κ2) is 5.32. The number of fused-ring (bicyclic) bond motifs is 7. The molecule has 0 nitrogen and oxygen atoms in total. The van der Waals surface area contributed by atoms with E-state index in [1.54, 1.807) is 5.56 Å². The van der Waals surface area contributed by atoms with Gasteiger partial charge in [0.2, 0.25) is 0 Å². The summed E-state index contributed by atoms with van der Waals surface area (Å²) < 4.78 is 0. The van der Waals surface area contributed by atoms with Crippen molar-refractivity contribution in [3.8, 4) is 11.1 Å². The molecular weight excluding hydrogens is 295 g/mol. The van der Waals surface area contributed by atoms with Crippen molar-refractivity contribution < 1.29 is 0 Å². The van der Waals surface area contributed by atoms with Crippen LogP contribution in [0.5, 0.6) is 0 Å². The maximum absolute atomic E-state index is 2.40. The van der Waals surface area contributed by atoms with Gasteiger partial charge in [-0.15, -0.1) is 8.58 Å². The van der Waals surface area contributed by atoms with Crippen molar-refractivity contribution in [1.82, 2.24) is 0 Å². The van der Waals surface area contributed by atoms with Gasteiger partial charge in [0, 0.05) is 0 Å². The Morgan fingerprint density at radius 3 is 2.48 bits per heavy atom. The van der Waals surface area contributed by atoms with Gasteiger partial charge >= 0.3 is 0 Å². The first kappa shape index (κ1) is 13.5. The van der Waals surface area contributed by atoms with E-state index in [0.717, 1.165) is 8.58 Å². The normalized spacial score (nSPS) is 16.7. The standard InChI is InChI=1S/C22H19P/c1-3-7-19-15(5-1)9-11-17-13-23-14-18-12-10-16-6-2-4-8-20(16)22(18)21(17)19/h1,3-5,7-12,23H,2,6,13-14H2. The van der Waals surface area contributed by atoms with E-state index in [0.29, 0.717) is 0 Å². The Bertz CT molecular complexity index is 950. The molecule has 0 N–H and O–H groups in total. The smallest absolute Gasteiger partial charge is 0.00608 e. The molecule has 2 aliphatic rings. The van der Waals surface area contributed by atoms with Gasteiger partial charge in [-0.3, -0.25) is 0 Å². The number of hydrogen-bond donors (Lipinski definition) is 0. The molecule has 1 heteroatoms. The molecular formula is C22H19P. The predicted octanol–water partition coefficient (Wildman–Crippen LogP) is 6.16. The van der Waals surface area contributed by atoms with Crippen LogP contribution in [0.4, 0.5) is 0 Å². The minimum Gasteiger partial charge on any atom is -0.113 e. The highest BCUT2D eigenvalue weighted by molar-refractivity contribution is 7.36. The van der Waals surface area contributed by atoms with Crippen molar-refractivity contribution in [3.63, 3.8) is 0 Å². The third-order valence-electron chi connectivity index (χ3n) is 5.18. The molecule has 3 aromatic carbocycles. The molecule has 5 rings (SSSR count). The van der Waals surface area contributed by atoms with Gasteiger partial charge in [0.1, 0.15) is 0 Å². The van der Waals surface area contributed by atoms with E-state index in [4.69, 9.17) is 0 Å². The average Bonchev–Trinajstić information content (AvgIpc) is 2.81. The summed E-state index contributed by atoms with van der Waals surface area (Å²) in [6, 6.07) is 18.3. The van der Waals surface area contributed by atoms with Crippen LogP contribution in [-0.4, -0.2) is 0 Å². The van der Waals surface area contributed by atoms with Gasteiger partial charge in [0.25, 0.3) is 0 Å². The van der Waals surface area contributed by atoms with Crippen LogP contribution in [-0.2, 0) is 18.7 Å². The number of hydrogen-bond acceptors (Lipinski definition) is 0. The summed E-state index contributed by atoms with van der Waals surface area (Å²) in [7, 11) is 0.989. The lowest BCUT2D eigenvalue weighted by Crippen LogP contribution is -2.00. The van der Waals surface area contributed by atoms with Gasteiger partial charge < -0.3 is 0 Å². The van der Waals surface area contributed by atoms with Crippen molar-refractivity contribution in [3.05, 3.63) is 76.9 Å². The zero-order valence-electron chi connectivity index (χ0n) is 13.1. The predicted molar refractivity (Wildman–Crippen MR) is 102 cm³/mol. The molecule has 112 valence electrons. The van der Waals surface area contributed by atoms with Crippen LogP contribution < -0.4 is 0 Å². The fourth-order valence-corrected chi connectivity index (χ4v) is 5.34. The highest BCUT2D eigenvalue weighted by atomic mass is 31.1. The van der Waals surface area contributed by atoms with Crippen molar-refractivity contribution in [2.24, 2.45) is 0 Å². The first-order chi connectivity index (χ1) is 11.4. The van der Waals surface area contributed by atoms with E-state index in [9.17, 15) is 0 Å². The van der Waals surface area contributed by atoms with Gasteiger partial charge in [-0.2, -0.15) is 0 Å². The first-order valence-corrected chi connectivity index (χ1v) is 9.86. The lowest BCUT2D eigenvalue weighted by Gasteiger charge is -2.20. The second-order valence-corrected chi connectivity index (χ2v) is 7.75. The molecule has 0 saturated heterocycles. The topological polar surface area (TPSA) is 0 Å². The molecule has 1 aliphatic carbocycles. The van der Waals surface area contributed by atoms with E-state index >= 15 is 0 Å². The van der Waals surface area contributed by atoms with Crippen molar-refractivity contribution in [2.45, 2.75) is 25.2 Å². The fourth-order valence-electron chi connectivity index (χ4n) is 4.09. The van der Waals surface area contributed by atoms with E-state index in [1.807, 2.05) is 0 Å². The summed E-state index contributed by atoms with van der Waals surface area (Å²) in [6.07, 6.45) is 9.52. The van der Waals surface area contributed by atoms with Crippen LogP contribution in [0.15, 0.2) is 54.6 Å².